The molecule has 0 amide bonds. The number of piperazine rings is 1. The van der Waals surface area contributed by atoms with Crippen molar-refractivity contribution in [3.8, 4) is 0 Å². The van der Waals surface area contributed by atoms with Gasteiger partial charge in [-0.05, 0) is 25.7 Å². The highest BCUT2D eigenvalue weighted by Crippen LogP contribution is 2.16. The summed E-state index contributed by atoms with van der Waals surface area (Å²) in [7, 11) is 0. The lowest BCUT2D eigenvalue weighted by Gasteiger charge is -2.37. The van der Waals surface area contributed by atoms with Crippen molar-refractivity contribution in [3.05, 3.63) is 0 Å². The van der Waals surface area contributed by atoms with Crippen LogP contribution in [0.2, 0.25) is 0 Å². The fraction of sp³-hybridized carbons (Fsp3) is 1.00. The zero-order chi connectivity index (χ0) is 9.80. The van der Waals surface area contributed by atoms with E-state index in [4.69, 9.17) is 4.74 Å². The molecule has 0 saturated carbocycles. The lowest BCUT2D eigenvalue weighted by molar-refractivity contribution is 0.0287. The Labute approximate surface area is 99.0 Å². The Morgan fingerprint density at radius 1 is 1.47 bits per heavy atom. The molecule has 2 aliphatic rings. The van der Waals surface area contributed by atoms with Crippen LogP contribution in [-0.2, 0) is 4.74 Å². The second-order valence-electron chi connectivity index (χ2n) is 4.63. The first kappa shape index (κ1) is 13.2. The SMILES string of the molecule is C[C@H]1CNCCN1CC1CCCOC1.Cl. The van der Waals surface area contributed by atoms with E-state index in [1.807, 2.05) is 0 Å². The van der Waals surface area contributed by atoms with E-state index in [2.05, 4.69) is 17.1 Å². The van der Waals surface area contributed by atoms with Gasteiger partial charge in [0.05, 0.1) is 6.61 Å². The van der Waals surface area contributed by atoms with Crippen molar-refractivity contribution in [2.75, 3.05) is 39.4 Å². The molecule has 0 aliphatic carbocycles. The van der Waals surface area contributed by atoms with Gasteiger partial charge in [-0.3, -0.25) is 4.90 Å². The van der Waals surface area contributed by atoms with E-state index < -0.39 is 0 Å². The lowest BCUT2D eigenvalue weighted by atomic mass is 10.0. The van der Waals surface area contributed by atoms with Crippen LogP contribution in [0.15, 0.2) is 0 Å². The normalized spacial score (nSPS) is 33.4. The summed E-state index contributed by atoms with van der Waals surface area (Å²) in [6.45, 7) is 9.02. The molecular formula is C11H23ClN2O. The van der Waals surface area contributed by atoms with Crippen LogP contribution in [0, 0.1) is 5.92 Å². The summed E-state index contributed by atoms with van der Waals surface area (Å²) in [5.41, 5.74) is 0. The molecule has 0 aromatic heterocycles. The second-order valence-corrected chi connectivity index (χ2v) is 4.63. The van der Waals surface area contributed by atoms with Crippen molar-refractivity contribution in [1.82, 2.24) is 10.2 Å². The highest BCUT2D eigenvalue weighted by molar-refractivity contribution is 5.85. The minimum absolute atomic E-state index is 0. The fourth-order valence-corrected chi connectivity index (χ4v) is 2.44. The zero-order valence-corrected chi connectivity index (χ0v) is 10.4. The number of nitrogens with zero attached hydrogens (tertiary/aromatic N) is 1. The fourth-order valence-electron chi connectivity index (χ4n) is 2.44. The molecule has 1 N–H and O–H groups in total. The summed E-state index contributed by atoms with van der Waals surface area (Å²) >= 11 is 0. The van der Waals surface area contributed by atoms with Gasteiger partial charge in [-0.2, -0.15) is 0 Å². The number of hydrogen-bond donors (Lipinski definition) is 1. The van der Waals surface area contributed by atoms with Crippen LogP contribution in [0.4, 0.5) is 0 Å². The Kier molecular flexibility index (Phi) is 5.90. The Hall–Kier alpha value is 0.170. The molecule has 2 saturated heterocycles. The summed E-state index contributed by atoms with van der Waals surface area (Å²) in [4.78, 5) is 2.61. The topological polar surface area (TPSA) is 24.5 Å². The molecule has 1 unspecified atom stereocenters. The average molecular weight is 235 g/mol. The van der Waals surface area contributed by atoms with Crippen LogP contribution < -0.4 is 5.32 Å². The van der Waals surface area contributed by atoms with Crippen LogP contribution in [0.3, 0.4) is 0 Å². The van der Waals surface area contributed by atoms with Gasteiger partial charge in [-0.15, -0.1) is 12.4 Å². The second kappa shape index (κ2) is 6.69. The summed E-state index contributed by atoms with van der Waals surface area (Å²) < 4.78 is 5.52. The molecule has 0 aromatic rings. The maximum Gasteiger partial charge on any atom is 0.0506 e. The van der Waals surface area contributed by atoms with Gasteiger partial charge in [0.25, 0.3) is 0 Å². The first-order chi connectivity index (χ1) is 6.86. The van der Waals surface area contributed by atoms with Gasteiger partial charge in [-0.1, -0.05) is 0 Å². The summed E-state index contributed by atoms with van der Waals surface area (Å²) in [5.74, 6) is 0.782. The van der Waals surface area contributed by atoms with Crippen LogP contribution in [0.5, 0.6) is 0 Å². The zero-order valence-electron chi connectivity index (χ0n) is 9.58. The van der Waals surface area contributed by atoms with Gasteiger partial charge >= 0.3 is 0 Å². The molecule has 2 rings (SSSR count). The molecule has 0 bridgehead atoms. The van der Waals surface area contributed by atoms with E-state index in [0.717, 1.165) is 32.2 Å². The molecule has 2 heterocycles. The number of rotatable bonds is 2. The highest BCUT2D eigenvalue weighted by Gasteiger charge is 2.22. The standard InChI is InChI=1S/C11H22N2O.ClH/c1-10-7-12-4-5-13(10)8-11-3-2-6-14-9-11;/h10-12H,2-9H2,1H3;1H/t10-,11?;/m0./s1. The van der Waals surface area contributed by atoms with Gasteiger partial charge in [-0.25, -0.2) is 0 Å². The number of halogens is 1. The number of nitrogens with one attached hydrogen (secondary N) is 1. The van der Waals surface area contributed by atoms with Crippen LogP contribution in [0.1, 0.15) is 19.8 Å². The summed E-state index contributed by atoms with van der Waals surface area (Å²) in [5, 5.41) is 3.43. The third-order valence-electron chi connectivity index (χ3n) is 3.39. The maximum absolute atomic E-state index is 5.52. The third-order valence-corrected chi connectivity index (χ3v) is 3.39. The van der Waals surface area contributed by atoms with Crippen molar-refractivity contribution in [2.45, 2.75) is 25.8 Å². The minimum atomic E-state index is 0. The first-order valence-corrected chi connectivity index (χ1v) is 5.89. The predicted molar refractivity (Wildman–Crippen MR) is 64.7 cm³/mol. The first-order valence-electron chi connectivity index (χ1n) is 5.89. The monoisotopic (exact) mass is 234 g/mol. The molecule has 2 atom stereocenters. The van der Waals surface area contributed by atoms with E-state index in [1.54, 1.807) is 0 Å². The van der Waals surface area contributed by atoms with Crippen molar-refractivity contribution < 1.29 is 4.74 Å². The number of hydrogen-bond acceptors (Lipinski definition) is 3. The van der Waals surface area contributed by atoms with E-state index in [-0.39, 0.29) is 12.4 Å². The van der Waals surface area contributed by atoms with Gasteiger partial charge < -0.3 is 10.1 Å². The van der Waals surface area contributed by atoms with Crippen molar-refractivity contribution in [3.63, 3.8) is 0 Å². The Morgan fingerprint density at radius 3 is 3.00 bits per heavy atom. The van der Waals surface area contributed by atoms with Crippen molar-refractivity contribution in [2.24, 2.45) is 5.92 Å². The van der Waals surface area contributed by atoms with Crippen LogP contribution >= 0.6 is 12.4 Å². The summed E-state index contributed by atoms with van der Waals surface area (Å²) in [6, 6.07) is 0.700. The molecule has 3 nitrogen and oxygen atoms in total. The summed E-state index contributed by atoms with van der Waals surface area (Å²) in [6.07, 6.45) is 2.61. The van der Waals surface area contributed by atoms with Gasteiger partial charge in [0.2, 0.25) is 0 Å². The Morgan fingerprint density at radius 2 is 2.33 bits per heavy atom. The van der Waals surface area contributed by atoms with Crippen LogP contribution in [0.25, 0.3) is 0 Å². The maximum atomic E-state index is 5.52. The molecule has 15 heavy (non-hydrogen) atoms. The largest absolute Gasteiger partial charge is 0.381 e. The Bertz CT molecular complexity index is 174. The lowest BCUT2D eigenvalue weighted by Crippen LogP contribution is -2.51. The quantitative estimate of drug-likeness (QED) is 0.776. The molecule has 4 heteroatoms. The van der Waals surface area contributed by atoms with E-state index in [9.17, 15) is 0 Å². The minimum Gasteiger partial charge on any atom is -0.381 e. The molecule has 0 spiro atoms. The van der Waals surface area contributed by atoms with Gasteiger partial charge in [0.15, 0.2) is 0 Å². The van der Waals surface area contributed by atoms with E-state index >= 15 is 0 Å². The number of ether oxygens (including phenoxy) is 1. The van der Waals surface area contributed by atoms with Gasteiger partial charge in [0, 0.05) is 38.8 Å². The molecular weight excluding hydrogens is 212 g/mol. The van der Waals surface area contributed by atoms with Crippen LogP contribution in [-0.4, -0.2) is 50.3 Å². The molecule has 90 valence electrons. The van der Waals surface area contributed by atoms with E-state index in [1.165, 1.54) is 25.9 Å². The van der Waals surface area contributed by atoms with Crippen molar-refractivity contribution in [1.29, 1.82) is 0 Å². The smallest absolute Gasteiger partial charge is 0.0506 e. The van der Waals surface area contributed by atoms with E-state index in [0.29, 0.717) is 6.04 Å². The van der Waals surface area contributed by atoms with Crippen molar-refractivity contribution >= 4 is 12.4 Å². The molecule has 2 aliphatic heterocycles. The molecule has 0 radical (unpaired) electrons. The average Bonchev–Trinajstić information content (AvgIpc) is 2.23. The molecule has 2 fully saturated rings. The third kappa shape index (κ3) is 3.91. The predicted octanol–water partition coefficient (Wildman–Crippen LogP) is 1.13. The Balaban J connectivity index is 0.00000112. The van der Waals surface area contributed by atoms with Gasteiger partial charge in [0.1, 0.15) is 0 Å². The highest BCUT2D eigenvalue weighted by atomic mass is 35.5. The molecule has 0 aromatic carbocycles.